The van der Waals surface area contributed by atoms with Crippen LogP contribution in [0.15, 0.2) is 96.7 Å². The maximum atomic E-state index is 14.2. The molecular weight excluding hydrogens is 873 g/mol. The van der Waals surface area contributed by atoms with Crippen LogP contribution in [0.5, 0.6) is 0 Å². The molecular formula is C56H62N4O7S. The third-order valence-corrected chi connectivity index (χ3v) is 15.9. The monoisotopic (exact) mass is 934 g/mol. The highest BCUT2D eigenvalue weighted by atomic mass is 32.1. The molecule has 2 bridgehead atoms. The van der Waals surface area contributed by atoms with E-state index in [0.717, 1.165) is 69.4 Å². The van der Waals surface area contributed by atoms with E-state index in [1.165, 1.54) is 4.90 Å². The molecule has 1 N–H and O–H groups in total. The minimum atomic E-state index is -0.720. The van der Waals surface area contributed by atoms with Gasteiger partial charge < -0.3 is 14.7 Å². The van der Waals surface area contributed by atoms with E-state index in [4.69, 9.17) is 4.74 Å². The molecule has 12 heteroatoms. The number of rotatable bonds is 19. The number of allylic oxidation sites excluding steroid dienone is 2. The average Bonchev–Trinajstić information content (AvgIpc) is 4.18. The second kappa shape index (κ2) is 20.1. The van der Waals surface area contributed by atoms with Crippen LogP contribution in [0, 0.1) is 41.9 Å². The number of ether oxygens (including phenoxy) is 1. The number of thiazole rings is 1. The summed E-state index contributed by atoms with van der Waals surface area (Å²) in [5, 5.41) is 11.7. The minimum absolute atomic E-state index is 0.00832. The number of benzene rings is 3. The molecule has 2 aromatic heterocycles. The highest BCUT2D eigenvalue weighted by Gasteiger charge is 2.59. The maximum absolute atomic E-state index is 14.2. The van der Waals surface area contributed by atoms with Crippen molar-refractivity contribution in [3.05, 3.63) is 125 Å². The number of aromatic nitrogens is 2. The number of anilines is 1. The van der Waals surface area contributed by atoms with Crippen LogP contribution in [0.1, 0.15) is 98.5 Å². The molecule has 1 unspecified atom stereocenters. The molecule has 0 spiro atoms. The van der Waals surface area contributed by atoms with Gasteiger partial charge in [0.15, 0.2) is 11.6 Å². The number of carbonyl (C=O) groups is 5. The number of fused-ring (bicyclic) bond motifs is 6. The highest BCUT2D eigenvalue weighted by Crippen LogP contribution is 2.53. The number of carbonyl (C=O) groups excluding carboxylic acids is 5. The number of aliphatic hydroxyl groups is 1. The summed E-state index contributed by atoms with van der Waals surface area (Å²) >= 11 is 1.61. The summed E-state index contributed by atoms with van der Waals surface area (Å²) in [4.78, 5) is 81.1. The number of aryl methyl sites for hydroxylation is 3. The molecule has 11 nitrogen and oxygen atoms in total. The Hall–Kier alpha value is -5.69. The first-order valence-electron chi connectivity index (χ1n) is 24.4. The lowest BCUT2D eigenvalue weighted by Crippen LogP contribution is -2.47. The number of aliphatic hydroxyl groups excluding tert-OH is 1. The van der Waals surface area contributed by atoms with Crippen molar-refractivity contribution < 1.29 is 33.8 Å². The van der Waals surface area contributed by atoms with E-state index in [-0.39, 0.29) is 83.7 Å². The Bertz CT molecular complexity index is 2690. The van der Waals surface area contributed by atoms with Gasteiger partial charge in [0.2, 0.25) is 17.7 Å². The quantitative estimate of drug-likeness (QED) is 0.0370. The summed E-state index contributed by atoms with van der Waals surface area (Å²) in [7, 11) is 0. The van der Waals surface area contributed by atoms with Gasteiger partial charge in [0.05, 0.1) is 51.3 Å². The molecule has 3 aromatic carbocycles. The maximum Gasteiger partial charge on any atom is 0.238 e. The first kappa shape index (κ1) is 47.4. The zero-order chi connectivity index (χ0) is 47.7. The zero-order valence-corrected chi connectivity index (χ0v) is 40.4. The van der Waals surface area contributed by atoms with Gasteiger partial charge in [-0.1, -0.05) is 75.4 Å². The fraction of sp³-hybridized carbons (Fsp3) is 0.446. The molecule has 3 fully saturated rings. The molecule has 9 rings (SSSR count). The fourth-order valence-electron chi connectivity index (χ4n) is 11.2. The first-order valence-corrected chi connectivity index (χ1v) is 25.3. The first-order chi connectivity index (χ1) is 32.8. The summed E-state index contributed by atoms with van der Waals surface area (Å²) in [6, 6.07) is 22.5. The average molecular weight is 935 g/mol. The smallest absolute Gasteiger partial charge is 0.238 e. The molecule has 4 aliphatic rings. The molecule has 2 aliphatic heterocycles. The topological polar surface area (TPSA) is 147 Å². The van der Waals surface area contributed by atoms with Gasteiger partial charge in [-0.05, 0) is 122 Å². The third kappa shape index (κ3) is 9.78. The molecule has 2 saturated heterocycles. The largest absolute Gasteiger partial charge is 0.391 e. The van der Waals surface area contributed by atoms with E-state index >= 15 is 0 Å². The summed E-state index contributed by atoms with van der Waals surface area (Å²) in [5.74, 6) is -0.960. The number of ketones is 2. The lowest BCUT2D eigenvalue weighted by atomic mass is 9.77. The van der Waals surface area contributed by atoms with Crippen LogP contribution in [0.4, 0.5) is 5.69 Å². The molecule has 0 radical (unpaired) electrons. The van der Waals surface area contributed by atoms with Crippen molar-refractivity contribution in [1.29, 1.82) is 0 Å². The molecule has 354 valence electrons. The van der Waals surface area contributed by atoms with Gasteiger partial charge in [-0.15, -0.1) is 11.3 Å². The van der Waals surface area contributed by atoms with E-state index in [1.54, 1.807) is 46.7 Å². The van der Waals surface area contributed by atoms with E-state index in [0.29, 0.717) is 50.1 Å². The lowest BCUT2D eigenvalue weighted by molar-refractivity contribution is -0.144. The predicted molar refractivity (Wildman–Crippen MR) is 264 cm³/mol. The molecule has 2 aliphatic carbocycles. The van der Waals surface area contributed by atoms with Crippen LogP contribution in [-0.4, -0.2) is 81.2 Å². The Morgan fingerprint density at radius 3 is 2.25 bits per heavy atom. The number of hydrogen-bond donors (Lipinski definition) is 1. The number of amides is 3. The third-order valence-electron chi connectivity index (χ3n) is 14.9. The summed E-state index contributed by atoms with van der Waals surface area (Å²) in [6.45, 7) is 9.49. The van der Waals surface area contributed by atoms with Crippen LogP contribution >= 0.6 is 11.3 Å². The van der Waals surface area contributed by atoms with Gasteiger partial charge in [-0.3, -0.25) is 33.9 Å². The van der Waals surface area contributed by atoms with Crippen molar-refractivity contribution >= 4 is 57.2 Å². The Kier molecular flexibility index (Phi) is 14.0. The zero-order valence-electron chi connectivity index (χ0n) is 39.6. The van der Waals surface area contributed by atoms with Crippen LogP contribution in [0.2, 0.25) is 0 Å². The van der Waals surface area contributed by atoms with Gasteiger partial charge in [-0.25, -0.2) is 4.98 Å². The second-order valence-electron chi connectivity index (χ2n) is 20.4. The molecule has 7 atom stereocenters. The Balaban J connectivity index is 0.720. The van der Waals surface area contributed by atoms with Crippen molar-refractivity contribution in [3.63, 3.8) is 0 Å². The molecule has 68 heavy (non-hydrogen) atoms. The van der Waals surface area contributed by atoms with E-state index in [2.05, 4.69) is 73.2 Å². The number of unbranched alkanes of at least 4 members (excludes halogenated alkanes) is 1. The summed E-state index contributed by atoms with van der Waals surface area (Å²) < 4.78 is 6.08. The van der Waals surface area contributed by atoms with Crippen LogP contribution in [0.3, 0.4) is 0 Å². The second-order valence-corrected chi connectivity index (χ2v) is 21.3. The highest BCUT2D eigenvalue weighted by molar-refractivity contribution is 7.13. The normalized spacial score (nSPS) is 22.4. The molecule has 4 heterocycles. The molecule has 3 amide bonds. The van der Waals surface area contributed by atoms with Gasteiger partial charge in [0.1, 0.15) is 0 Å². The number of hydrogen-bond acceptors (Lipinski definition) is 10. The standard InChI is InChI=1S/C56H62N4O7S/c1-34-52(68-33-58-34)38-16-13-35(14-17-38)15-24-47(62)46-31-43(61)32-59(46)53(64)45(56(2,3)4)12-8-28-67-27-6-5-9-36-25-26-57-51-41(10-7-11-44(36)51)30-48(63)37-20-22-42(23-21-37)60-54(65)49-39-18-19-40(29-39)50(49)55(60)66/h7,10-11,13-14,16-23,25-26,33,39-40,43,45-46,49-50,61H,5-6,8-9,12,15,24,27-32H2,1-4H3/t39-,40?,43+,45+,46-,49-,50+/m0/s1. The number of Topliss-reactive ketones (excluding diaryl/α,β-unsaturated/α-hetero) is 2. The number of pyridine rings is 1. The van der Waals surface area contributed by atoms with Gasteiger partial charge in [0, 0.05) is 62.1 Å². The number of β-amino-alcohol motifs (C(OH)–C–C–N with tert-alkyl or cyclic N) is 1. The predicted octanol–water partition coefficient (Wildman–Crippen LogP) is 9.35. The number of nitrogens with zero attached hydrogens (tertiary/aromatic N) is 4. The number of para-hydroxylation sites is 1. The van der Waals surface area contributed by atoms with Crippen LogP contribution < -0.4 is 4.90 Å². The Labute approximate surface area is 403 Å². The van der Waals surface area contributed by atoms with Crippen molar-refractivity contribution in [3.8, 4) is 10.4 Å². The molecule has 1 saturated carbocycles. The Morgan fingerprint density at radius 2 is 1.56 bits per heavy atom. The van der Waals surface area contributed by atoms with Gasteiger partial charge in [-0.2, -0.15) is 0 Å². The minimum Gasteiger partial charge on any atom is -0.391 e. The van der Waals surface area contributed by atoms with Crippen molar-refractivity contribution in [2.75, 3.05) is 24.7 Å². The van der Waals surface area contributed by atoms with Gasteiger partial charge in [0.25, 0.3) is 0 Å². The van der Waals surface area contributed by atoms with E-state index < -0.39 is 12.1 Å². The number of likely N-dealkylation sites (tertiary alicyclic amines) is 1. The number of imide groups is 1. The van der Waals surface area contributed by atoms with Crippen LogP contribution in [-0.2, 0) is 43.2 Å². The van der Waals surface area contributed by atoms with Gasteiger partial charge >= 0.3 is 0 Å². The van der Waals surface area contributed by atoms with Crippen molar-refractivity contribution in [2.45, 2.75) is 104 Å². The van der Waals surface area contributed by atoms with Crippen molar-refractivity contribution in [2.24, 2.45) is 35.0 Å². The van der Waals surface area contributed by atoms with Crippen LogP contribution in [0.25, 0.3) is 21.3 Å². The SMILES string of the molecule is Cc1ncsc1-c1ccc(CCC(=O)[C@@H]2C[C@@H](O)CN2C(=O)[C@@H](CCCOCCCCc2ccnc3c(CC(=O)c4ccc(N5C(=O)[C@@H]6[C@H](C5=O)C5C=C[C@H]6C5)cc4)cccc23)C(C)(C)C)cc1. The Morgan fingerprint density at radius 1 is 0.838 bits per heavy atom. The summed E-state index contributed by atoms with van der Waals surface area (Å²) in [5.41, 5.74) is 8.53. The fourth-order valence-corrected chi connectivity index (χ4v) is 12.0. The van der Waals surface area contributed by atoms with E-state index in [9.17, 15) is 29.1 Å². The summed E-state index contributed by atoms with van der Waals surface area (Å²) in [6.07, 6.45) is 11.4. The molecule has 5 aromatic rings. The van der Waals surface area contributed by atoms with E-state index in [1.807, 2.05) is 30.6 Å². The van der Waals surface area contributed by atoms with Crippen molar-refractivity contribution in [1.82, 2.24) is 14.9 Å². The lowest BCUT2D eigenvalue weighted by Gasteiger charge is -2.35.